The standard InChI is InChI=1S/C7H7BrFNO/c1-2-11-6-3-5(8)4-10-7(6)9/h3-4H,2H2,1H3. The van der Waals surface area contributed by atoms with Crippen LogP contribution in [0.3, 0.4) is 0 Å². The number of rotatable bonds is 2. The van der Waals surface area contributed by atoms with E-state index in [9.17, 15) is 4.39 Å². The van der Waals surface area contributed by atoms with Crippen molar-refractivity contribution in [2.45, 2.75) is 6.92 Å². The fourth-order valence-corrected chi connectivity index (χ4v) is 0.971. The highest BCUT2D eigenvalue weighted by molar-refractivity contribution is 9.10. The molecule has 0 aliphatic rings. The molecule has 0 saturated carbocycles. The van der Waals surface area contributed by atoms with Crippen LogP contribution in [-0.4, -0.2) is 11.6 Å². The van der Waals surface area contributed by atoms with Gasteiger partial charge in [0.25, 0.3) is 5.95 Å². The Kier molecular flexibility index (Phi) is 2.82. The van der Waals surface area contributed by atoms with Gasteiger partial charge in [0.2, 0.25) is 0 Å². The summed E-state index contributed by atoms with van der Waals surface area (Å²) in [5.41, 5.74) is 0. The fourth-order valence-electron chi connectivity index (χ4n) is 0.661. The molecule has 0 aliphatic heterocycles. The summed E-state index contributed by atoms with van der Waals surface area (Å²) in [7, 11) is 0. The SMILES string of the molecule is CCOc1cc(Br)cnc1F. The minimum atomic E-state index is -0.574. The van der Waals surface area contributed by atoms with E-state index in [1.807, 2.05) is 0 Å². The van der Waals surface area contributed by atoms with Crippen molar-refractivity contribution in [3.05, 3.63) is 22.7 Å². The lowest BCUT2D eigenvalue weighted by Gasteiger charge is -2.02. The van der Waals surface area contributed by atoms with Gasteiger partial charge in [-0.2, -0.15) is 4.39 Å². The summed E-state index contributed by atoms with van der Waals surface area (Å²) in [6.45, 7) is 2.23. The molecule has 0 fully saturated rings. The van der Waals surface area contributed by atoms with Gasteiger partial charge in [0, 0.05) is 16.7 Å². The first-order valence-electron chi connectivity index (χ1n) is 3.18. The van der Waals surface area contributed by atoms with E-state index in [-0.39, 0.29) is 5.75 Å². The molecule has 2 nitrogen and oxygen atoms in total. The Morgan fingerprint density at radius 3 is 3.09 bits per heavy atom. The number of nitrogens with zero attached hydrogens (tertiary/aromatic N) is 1. The van der Waals surface area contributed by atoms with Crippen LogP contribution in [0, 0.1) is 5.95 Å². The Bertz CT molecular complexity index is 254. The van der Waals surface area contributed by atoms with E-state index in [4.69, 9.17) is 4.74 Å². The second-order valence-electron chi connectivity index (χ2n) is 1.88. The van der Waals surface area contributed by atoms with E-state index in [0.29, 0.717) is 11.1 Å². The van der Waals surface area contributed by atoms with Gasteiger partial charge in [-0.25, -0.2) is 4.98 Å². The molecule has 0 bridgehead atoms. The van der Waals surface area contributed by atoms with Crippen molar-refractivity contribution in [1.29, 1.82) is 0 Å². The second-order valence-corrected chi connectivity index (χ2v) is 2.79. The van der Waals surface area contributed by atoms with Gasteiger partial charge in [-0.15, -0.1) is 0 Å². The molecule has 0 aromatic carbocycles. The number of halogens is 2. The predicted octanol–water partition coefficient (Wildman–Crippen LogP) is 2.38. The molecule has 60 valence electrons. The highest BCUT2D eigenvalue weighted by atomic mass is 79.9. The van der Waals surface area contributed by atoms with Gasteiger partial charge in [-0.1, -0.05) is 0 Å². The van der Waals surface area contributed by atoms with E-state index >= 15 is 0 Å². The molecule has 1 aromatic heterocycles. The summed E-state index contributed by atoms with van der Waals surface area (Å²) in [6.07, 6.45) is 1.39. The Morgan fingerprint density at radius 2 is 2.45 bits per heavy atom. The first-order valence-corrected chi connectivity index (χ1v) is 3.97. The quantitative estimate of drug-likeness (QED) is 0.714. The summed E-state index contributed by atoms with van der Waals surface area (Å²) in [6, 6.07) is 1.55. The third kappa shape index (κ3) is 2.15. The first kappa shape index (κ1) is 8.46. The molecule has 0 spiro atoms. The largest absolute Gasteiger partial charge is 0.489 e. The van der Waals surface area contributed by atoms with Crippen LogP contribution in [-0.2, 0) is 0 Å². The summed E-state index contributed by atoms with van der Waals surface area (Å²) in [5, 5.41) is 0. The van der Waals surface area contributed by atoms with E-state index in [0.717, 1.165) is 0 Å². The van der Waals surface area contributed by atoms with Crippen LogP contribution in [0.4, 0.5) is 4.39 Å². The van der Waals surface area contributed by atoms with Gasteiger partial charge < -0.3 is 4.74 Å². The van der Waals surface area contributed by atoms with Crippen molar-refractivity contribution in [1.82, 2.24) is 4.98 Å². The number of hydrogen-bond acceptors (Lipinski definition) is 2. The zero-order valence-electron chi connectivity index (χ0n) is 5.97. The van der Waals surface area contributed by atoms with E-state index in [2.05, 4.69) is 20.9 Å². The zero-order chi connectivity index (χ0) is 8.27. The number of ether oxygens (including phenoxy) is 1. The lowest BCUT2D eigenvalue weighted by atomic mass is 10.4. The van der Waals surface area contributed by atoms with Crippen LogP contribution < -0.4 is 4.74 Å². The number of hydrogen-bond donors (Lipinski definition) is 0. The Balaban J connectivity index is 2.93. The smallest absolute Gasteiger partial charge is 0.255 e. The van der Waals surface area contributed by atoms with E-state index in [1.54, 1.807) is 13.0 Å². The topological polar surface area (TPSA) is 22.1 Å². The highest BCUT2D eigenvalue weighted by Crippen LogP contribution is 2.19. The maximum atomic E-state index is 12.7. The average molecular weight is 220 g/mol. The molecule has 4 heteroatoms. The Hall–Kier alpha value is -0.640. The maximum Gasteiger partial charge on any atom is 0.255 e. The third-order valence-electron chi connectivity index (χ3n) is 1.07. The molecule has 0 amide bonds. The molecule has 0 aliphatic carbocycles. The third-order valence-corrected chi connectivity index (χ3v) is 1.51. The molecule has 0 unspecified atom stereocenters. The summed E-state index contributed by atoms with van der Waals surface area (Å²) in [4.78, 5) is 3.46. The van der Waals surface area contributed by atoms with Crippen molar-refractivity contribution in [2.75, 3.05) is 6.61 Å². The first-order chi connectivity index (χ1) is 5.24. The van der Waals surface area contributed by atoms with Gasteiger partial charge in [0.1, 0.15) is 0 Å². The lowest BCUT2D eigenvalue weighted by Crippen LogP contribution is -1.96. The minimum absolute atomic E-state index is 0.182. The molecule has 0 N–H and O–H groups in total. The van der Waals surface area contributed by atoms with Crippen molar-refractivity contribution in [3.8, 4) is 5.75 Å². The summed E-state index contributed by atoms with van der Waals surface area (Å²) in [5.74, 6) is -0.392. The predicted molar refractivity (Wildman–Crippen MR) is 43.1 cm³/mol. The van der Waals surface area contributed by atoms with Crippen LogP contribution in [0.5, 0.6) is 5.75 Å². The van der Waals surface area contributed by atoms with Crippen molar-refractivity contribution in [3.63, 3.8) is 0 Å². The average Bonchev–Trinajstić information content (AvgIpc) is 1.98. The lowest BCUT2D eigenvalue weighted by molar-refractivity contribution is 0.316. The zero-order valence-corrected chi connectivity index (χ0v) is 7.56. The number of aromatic nitrogens is 1. The summed E-state index contributed by atoms with van der Waals surface area (Å²) < 4.78 is 18.4. The van der Waals surface area contributed by atoms with Gasteiger partial charge in [0.15, 0.2) is 5.75 Å². The fraction of sp³-hybridized carbons (Fsp3) is 0.286. The number of pyridine rings is 1. The maximum absolute atomic E-state index is 12.7. The van der Waals surface area contributed by atoms with E-state index in [1.165, 1.54) is 6.20 Å². The minimum Gasteiger partial charge on any atom is -0.489 e. The monoisotopic (exact) mass is 219 g/mol. The van der Waals surface area contributed by atoms with Gasteiger partial charge >= 0.3 is 0 Å². The van der Waals surface area contributed by atoms with Crippen LogP contribution in [0.15, 0.2) is 16.7 Å². The molecular weight excluding hydrogens is 213 g/mol. The highest BCUT2D eigenvalue weighted by Gasteiger charge is 2.03. The molecule has 1 aromatic rings. The van der Waals surface area contributed by atoms with Crippen molar-refractivity contribution < 1.29 is 9.13 Å². The molecular formula is C7H7BrFNO. The van der Waals surface area contributed by atoms with Gasteiger partial charge in [-0.05, 0) is 22.9 Å². The molecule has 0 radical (unpaired) electrons. The Morgan fingerprint density at radius 1 is 1.73 bits per heavy atom. The molecule has 0 saturated heterocycles. The van der Waals surface area contributed by atoms with Crippen LogP contribution in [0.25, 0.3) is 0 Å². The van der Waals surface area contributed by atoms with Crippen LogP contribution in [0.1, 0.15) is 6.92 Å². The normalized spacial score (nSPS) is 9.73. The summed E-state index contributed by atoms with van der Waals surface area (Å²) >= 11 is 3.16. The van der Waals surface area contributed by atoms with Gasteiger partial charge in [-0.3, -0.25) is 0 Å². The molecule has 1 heterocycles. The van der Waals surface area contributed by atoms with Crippen molar-refractivity contribution in [2.24, 2.45) is 0 Å². The second kappa shape index (κ2) is 3.67. The molecule has 0 atom stereocenters. The Labute approximate surface area is 72.5 Å². The van der Waals surface area contributed by atoms with Gasteiger partial charge in [0.05, 0.1) is 6.61 Å². The molecule has 11 heavy (non-hydrogen) atoms. The van der Waals surface area contributed by atoms with E-state index < -0.39 is 5.95 Å². The van der Waals surface area contributed by atoms with Crippen LogP contribution in [0.2, 0.25) is 0 Å². The van der Waals surface area contributed by atoms with Crippen LogP contribution >= 0.6 is 15.9 Å². The molecule has 1 rings (SSSR count). The van der Waals surface area contributed by atoms with Crippen molar-refractivity contribution >= 4 is 15.9 Å².